The standard InChI is InChI=1S/C22H30N2O5S/c1-15(2)13-24(21-10-5-16(3)11-17(21)4)30(28,29)20-8-6-18(7-9-20)23-19(14-25)12-22(26)27/h5-11,15,19,23,25H,12-14H2,1-4H3,(H,26,27)/t19-/m1/s1. The highest BCUT2D eigenvalue weighted by Crippen LogP contribution is 2.29. The van der Waals surface area contributed by atoms with Gasteiger partial charge < -0.3 is 15.5 Å². The maximum atomic E-state index is 13.4. The first-order valence-corrected chi connectivity index (χ1v) is 11.3. The van der Waals surface area contributed by atoms with Gasteiger partial charge in [-0.05, 0) is 55.7 Å². The molecule has 0 heterocycles. The molecule has 0 saturated carbocycles. The van der Waals surface area contributed by atoms with Crippen molar-refractivity contribution in [3.05, 3.63) is 53.6 Å². The largest absolute Gasteiger partial charge is 0.481 e. The molecule has 0 unspecified atom stereocenters. The summed E-state index contributed by atoms with van der Waals surface area (Å²) in [4.78, 5) is 11.0. The third kappa shape index (κ3) is 5.96. The Balaban J connectivity index is 2.35. The second-order valence-corrected chi connectivity index (χ2v) is 9.73. The van der Waals surface area contributed by atoms with E-state index in [4.69, 9.17) is 5.11 Å². The number of hydrogen-bond donors (Lipinski definition) is 3. The number of sulfonamides is 1. The smallest absolute Gasteiger partial charge is 0.305 e. The zero-order chi connectivity index (χ0) is 22.5. The Morgan fingerprint density at radius 2 is 1.73 bits per heavy atom. The van der Waals surface area contributed by atoms with Gasteiger partial charge in [0, 0.05) is 12.2 Å². The second-order valence-electron chi connectivity index (χ2n) is 7.87. The topological polar surface area (TPSA) is 107 Å². The number of nitrogens with one attached hydrogen (secondary N) is 1. The van der Waals surface area contributed by atoms with Crippen LogP contribution in [0.3, 0.4) is 0 Å². The molecular weight excluding hydrogens is 404 g/mol. The van der Waals surface area contributed by atoms with Crippen LogP contribution in [0.1, 0.15) is 31.4 Å². The van der Waals surface area contributed by atoms with Crippen molar-refractivity contribution in [3.63, 3.8) is 0 Å². The number of hydrogen-bond acceptors (Lipinski definition) is 5. The van der Waals surface area contributed by atoms with Crippen LogP contribution in [0.5, 0.6) is 0 Å². The average Bonchev–Trinajstić information content (AvgIpc) is 2.66. The minimum atomic E-state index is -3.79. The van der Waals surface area contributed by atoms with Crippen LogP contribution in [-0.2, 0) is 14.8 Å². The van der Waals surface area contributed by atoms with Crippen molar-refractivity contribution in [2.75, 3.05) is 22.8 Å². The molecule has 1 atom stereocenters. The lowest BCUT2D eigenvalue weighted by atomic mass is 10.1. The number of aliphatic hydroxyl groups excluding tert-OH is 1. The zero-order valence-electron chi connectivity index (χ0n) is 17.8. The number of nitrogens with zero attached hydrogens (tertiary/aromatic N) is 1. The van der Waals surface area contributed by atoms with Gasteiger partial charge >= 0.3 is 5.97 Å². The van der Waals surface area contributed by atoms with Crippen molar-refractivity contribution in [2.45, 2.75) is 45.1 Å². The molecule has 0 aliphatic heterocycles. The Morgan fingerprint density at radius 3 is 2.23 bits per heavy atom. The molecule has 0 radical (unpaired) electrons. The number of aryl methyl sites for hydroxylation is 2. The third-order valence-corrected chi connectivity index (χ3v) is 6.40. The van der Waals surface area contributed by atoms with Crippen LogP contribution in [0.4, 0.5) is 11.4 Å². The minimum Gasteiger partial charge on any atom is -0.481 e. The Hall–Kier alpha value is -2.58. The fourth-order valence-electron chi connectivity index (χ4n) is 3.20. The fourth-order valence-corrected chi connectivity index (χ4v) is 4.89. The number of aliphatic carboxylic acids is 1. The van der Waals surface area contributed by atoms with E-state index < -0.39 is 22.0 Å². The van der Waals surface area contributed by atoms with E-state index in [1.807, 2.05) is 45.9 Å². The van der Waals surface area contributed by atoms with E-state index in [9.17, 15) is 18.3 Å². The fraction of sp³-hybridized carbons (Fsp3) is 0.409. The maximum Gasteiger partial charge on any atom is 0.305 e. The predicted molar refractivity (Wildman–Crippen MR) is 118 cm³/mol. The van der Waals surface area contributed by atoms with Gasteiger partial charge in [-0.2, -0.15) is 0 Å². The lowest BCUT2D eigenvalue weighted by Gasteiger charge is -2.28. The normalized spacial score (nSPS) is 12.6. The van der Waals surface area contributed by atoms with Gasteiger partial charge in [-0.25, -0.2) is 8.42 Å². The number of anilines is 2. The first-order valence-electron chi connectivity index (χ1n) is 9.83. The van der Waals surface area contributed by atoms with E-state index in [1.54, 1.807) is 12.1 Å². The summed E-state index contributed by atoms with van der Waals surface area (Å²) in [5, 5.41) is 21.1. The summed E-state index contributed by atoms with van der Waals surface area (Å²) in [5.41, 5.74) is 3.14. The van der Waals surface area contributed by atoms with E-state index in [0.29, 0.717) is 17.9 Å². The van der Waals surface area contributed by atoms with Crippen molar-refractivity contribution in [1.82, 2.24) is 0 Å². The van der Waals surface area contributed by atoms with E-state index in [2.05, 4.69) is 5.32 Å². The second kappa shape index (κ2) is 9.95. The molecule has 30 heavy (non-hydrogen) atoms. The summed E-state index contributed by atoms with van der Waals surface area (Å²) >= 11 is 0. The number of benzene rings is 2. The van der Waals surface area contributed by atoms with Crippen LogP contribution in [0, 0.1) is 19.8 Å². The Kier molecular flexibility index (Phi) is 7.86. The molecule has 0 amide bonds. The van der Waals surface area contributed by atoms with E-state index in [0.717, 1.165) is 11.1 Å². The summed E-state index contributed by atoms with van der Waals surface area (Å²) in [6, 6.07) is 11.2. The van der Waals surface area contributed by atoms with Gasteiger partial charge in [0.05, 0.1) is 29.7 Å². The van der Waals surface area contributed by atoms with Crippen molar-refractivity contribution in [2.24, 2.45) is 5.92 Å². The van der Waals surface area contributed by atoms with Crippen LogP contribution in [-0.4, -0.2) is 43.8 Å². The van der Waals surface area contributed by atoms with Crippen LogP contribution in [0.25, 0.3) is 0 Å². The van der Waals surface area contributed by atoms with Gasteiger partial charge in [-0.15, -0.1) is 0 Å². The zero-order valence-corrected chi connectivity index (χ0v) is 18.6. The van der Waals surface area contributed by atoms with Crippen LogP contribution in [0.2, 0.25) is 0 Å². The number of carboxylic acids is 1. The lowest BCUT2D eigenvalue weighted by molar-refractivity contribution is -0.137. The number of rotatable bonds is 10. The molecule has 0 bridgehead atoms. The number of aliphatic hydroxyl groups is 1. The van der Waals surface area contributed by atoms with Crippen molar-refractivity contribution in [3.8, 4) is 0 Å². The van der Waals surface area contributed by atoms with Crippen LogP contribution >= 0.6 is 0 Å². The van der Waals surface area contributed by atoms with Gasteiger partial charge in [0.2, 0.25) is 0 Å². The predicted octanol–water partition coefficient (Wildman–Crippen LogP) is 3.40. The molecule has 0 fully saturated rings. The van der Waals surface area contributed by atoms with E-state index in [1.165, 1.54) is 16.4 Å². The first kappa shape index (κ1) is 23.7. The summed E-state index contributed by atoms with van der Waals surface area (Å²) in [6.45, 7) is 7.80. The highest BCUT2D eigenvalue weighted by Gasteiger charge is 2.27. The average molecular weight is 435 g/mol. The summed E-state index contributed by atoms with van der Waals surface area (Å²) in [7, 11) is -3.79. The van der Waals surface area contributed by atoms with E-state index >= 15 is 0 Å². The molecule has 7 nitrogen and oxygen atoms in total. The molecular formula is C22H30N2O5S. The molecule has 0 aliphatic rings. The van der Waals surface area contributed by atoms with Gasteiger partial charge in [0.1, 0.15) is 0 Å². The monoisotopic (exact) mass is 434 g/mol. The maximum absolute atomic E-state index is 13.4. The SMILES string of the molecule is Cc1ccc(N(CC(C)C)S(=O)(=O)c2ccc(N[C@@H](CO)CC(=O)O)cc2)c(C)c1. The molecule has 0 aromatic heterocycles. The van der Waals surface area contributed by atoms with Gasteiger partial charge in [0.15, 0.2) is 0 Å². The number of carboxylic acid groups (broad SMARTS) is 1. The Bertz CT molecular complexity index is 972. The summed E-state index contributed by atoms with van der Waals surface area (Å²) in [6.07, 6.45) is -0.245. The quantitative estimate of drug-likeness (QED) is 0.529. The van der Waals surface area contributed by atoms with Crippen LogP contribution < -0.4 is 9.62 Å². The first-order chi connectivity index (χ1) is 14.0. The van der Waals surface area contributed by atoms with Crippen LogP contribution in [0.15, 0.2) is 47.4 Å². The molecule has 3 N–H and O–H groups in total. The van der Waals surface area contributed by atoms with Crippen molar-refractivity contribution in [1.29, 1.82) is 0 Å². The minimum absolute atomic E-state index is 0.128. The van der Waals surface area contributed by atoms with Gasteiger partial charge in [0.25, 0.3) is 10.0 Å². The summed E-state index contributed by atoms with van der Waals surface area (Å²) in [5.74, 6) is -0.902. The highest BCUT2D eigenvalue weighted by atomic mass is 32.2. The van der Waals surface area contributed by atoms with Crippen molar-refractivity contribution < 1.29 is 23.4 Å². The molecule has 2 aromatic rings. The molecule has 0 spiro atoms. The van der Waals surface area contributed by atoms with Crippen molar-refractivity contribution >= 4 is 27.4 Å². The Labute approximate surface area is 178 Å². The molecule has 8 heteroatoms. The molecule has 0 saturated heterocycles. The van der Waals surface area contributed by atoms with E-state index in [-0.39, 0.29) is 23.8 Å². The van der Waals surface area contributed by atoms with Gasteiger partial charge in [-0.1, -0.05) is 31.5 Å². The molecule has 2 rings (SSSR count). The highest BCUT2D eigenvalue weighted by molar-refractivity contribution is 7.92. The van der Waals surface area contributed by atoms with Gasteiger partial charge in [-0.3, -0.25) is 9.10 Å². The molecule has 164 valence electrons. The summed E-state index contributed by atoms with van der Waals surface area (Å²) < 4.78 is 28.3. The lowest BCUT2D eigenvalue weighted by Crippen LogP contribution is -2.34. The Morgan fingerprint density at radius 1 is 1.10 bits per heavy atom. The molecule has 0 aliphatic carbocycles. The molecule has 2 aromatic carbocycles. The number of carbonyl (C=O) groups is 1. The third-order valence-electron chi connectivity index (χ3n) is 4.61.